The summed E-state index contributed by atoms with van der Waals surface area (Å²) in [5.74, 6) is 0.259. The van der Waals surface area contributed by atoms with E-state index in [9.17, 15) is 8.42 Å². The first-order valence-corrected chi connectivity index (χ1v) is 7.14. The minimum Gasteiger partial charge on any atom is -0.396 e. The molecular formula is C12H19NO3S. The van der Waals surface area contributed by atoms with Crippen LogP contribution >= 0.6 is 0 Å². The molecule has 1 aromatic rings. The molecule has 17 heavy (non-hydrogen) atoms. The number of rotatable bonds is 6. The molecule has 0 saturated heterocycles. The highest BCUT2D eigenvalue weighted by atomic mass is 32.2. The van der Waals surface area contributed by atoms with Crippen molar-refractivity contribution in [2.45, 2.75) is 25.2 Å². The first-order chi connectivity index (χ1) is 7.97. The molecule has 0 amide bonds. The fourth-order valence-corrected chi connectivity index (χ4v) is 2.93. The van der Waals surface area contributed by atoms with Gasteiger partial charge < -0.3 is 5.11 Å². The van der Waals surface area contributed by atoms with Crippen molar-refractivity contribution in [3.05, 3.63) is 29.8 Å². The first-order valence-electron chi connectivity index (χ1n) is 5.66. The van der Waals surface area contributed by atoms with Crippen LogP contribution in [0.5, 0.6) is 0 Å². The highest BCUT2D eigenvalue weighted by molar-refractivity contribution is 7.89. The van der Waals surface area contributed by atoms with Gasteiger partial charge in [-0.15, -0.1) is 0 Å². The van der Waals surface area contributed by atoms with Gasteiger partial charge in [0.15, 0.2) is 0 Å². The van der Waals surface area contributed by atoms with Crippen molar-refractivity contribution >= 4 is 10.0 Å². The summed E-state index contributed by atoms with van der Waals surface area (Å²) >= 11 is 0. The van der Waals surface area contributed by atoms with Crippen molar-refractivity contribution in [1.29, 1.82) is 0 Å². The molecule has 0 spiro atoms. The topological polar surface area (TPSA) is 66.4 Å². The van der Waals surface area contributed by atoms with E-state index in [1.807, 2.05) is 13.8 Å². The molecule has 0 aromatic heterocycles. The van der Waals surface area contributed by atoms with Gasteiger partial charge in [0.25, 0.3) is 0 Å². The Bertz CT molecular complexity index is 455. The van der Waals surface area contributed by atoms with Crippen LogP contribution in [-0.2, 0) is 16.4 Å². The molecule has 0 unspecified atom stereocenters. The average Bonchev–Trinajstić information content (AvgIpc) is 2.28. The maximum atomic E-state index is 12.0. The predicted octanol–water partition coefficient (Wildman–Crippen LogP) is 1.16. The Labute approximate surface area is 103 Å². The van der Waals surface area contributed by atoms with Gasteiger partial charge >= 0.3 is 0 Å². The van der Waals surface area contributed by atoms with E-state index >= 15 is 0 Å². The van der Waals surface area contributed by atoms with Crippen LogP contribution in [0.25, 0.3) is 0 Å². The van der Waals surface area contributed by atoms with Crippen LogP contribution in [0.1, 0.15) is 19.4 Å². The first kappa shape index (κ1) is 14.2. The molecule has 0 atom stereocenters. The lowest BCUT2D eigenvalue weighted by molar-refractivity contribution is 0.298. The molecule has 0 heterocycles. The largest absolute Gasteiger partial charge is 0.396 e. The van der Waals surface area contributed by atoms with Crippen molar-refractivity contribution in [1.82, 2.24) is 4.72 Å². The number of benzene rings is 1. The van der Waals surface area contributed by atoms with Crippen molar-refractivity contribution < 1.29 is 13.5 Å². The maximum Gasteiger partial charge on any atom is 0.240 e. The standard InChI is InChI=1S/C12H19NO3S/c1-10(2)9-13-17(15,16)12-6-4-3-5-11(12)7-8-14/h3-6,10,13-14H,7-9H2,1-2H3. The van der Waals surface area contributed by atoms with Gasteiger partial charge in [-0.1, -0.05) is 32.0 Å². The fourth-order valence-electron chi connectivity index (χ4n) is 1.45. The van der Waals surface area contributed by atoms with Gasteiger partial charge in [0.05, 0.1) is 4.90 Å². The number of aliphatic hydroxyl groups excluding tert-OH is 1. The van der Waals surface area contributed by atoms with Gasteiger partial charge in [-0.25, -0.2) is 13.1 Å². The van der Waals surface area contributed by atoms with E-state index in [0.29, 0.717) is 18.5 Å². The third-order valence-electron chi connectivity index (χ3n) is 2.32. The summed E-state index contributed by atoms with van der Waals surface area (Å²) in [6, 6.07) is 6.74. The Morgan fingerprint density at radius 1 is 1.29 bits per heavy atom. The van der Waals surface area contributed by atoms with E-state index in [4.69, 9.17) is 5.11 Å². The average molecular weight is 257 g/mol. The number of sulfonamides is 1. The van der Waals surface area contributed by atoms with Crippen LogP contribution in [0, 0.1) is 5.92 Å². The SMILES string of the molecule is CC(C)CNS(=O)(=O)c1ccccc1CCO. The number of nitrogens with one attached hydrogen (secondary N) is 1. The minimum atomic E-state index is -3.47. The van der Waals surface area contributed by atoms with E-state index in [-0.39, 0.29) is 17.4 Å². The zero-order valence-electron chi connectivity index (χ0n) is 10.2. The lowest BCUT2D eigenvalue weighted by Gasteiger charge is -2.12. The van der Waals surface area contributed by atoms with Crippen LogP contribution in [0.2, 0.25) is 0 Å². The molecule has 2 N–H and O–H groups in total. The third-order valence-corrected chi connectivity index (χ3v) is 3.85. The monoisotopic (exact) mass is 257 g/mol. The molecule has 0 fully saturated rings. The summed E-state index contributed by atoms with van der Waals surface area (Å²) in [6.07, 6.45) is 0.346. The van der Waals surface area contributed by atoms with Crippen LogP contribution in [-0.4, -0.2) is 26.7 Å². The van der Waals surface area contributed by atoms with Crippen molar-refractivity contribution in [3.8, 4) is 0 Å². The second-order valence-corrected chi connectivity index (χ2v) is 6.06. The lowest BCUT2D eigenvalue weighted by Crippen LogP contribution is -2.28. The van der Waals surface area contributed by atoms with Crippen molar-refractivity contribution in [2.24, 2.45) is 5.92 Å². The summed E-state index contributed by atoms with van der Waals surface area (Å²) in [4.78, 5) is 0.259. The molecule has 5 heteroatoms. The van der Waals surface area contributed by atoms with Gasteiger partial charge in [0.2, 0.25) is 10.0 Å². The van der Waals surface area contributed by atoms with Crippen LogP contribution < -0.4 is 4.72 Å². The second kappa shape index (κ2) is 6.14. The van der Waals surface area contributed by atoms with Crippen LogP contribution in [0.3, 0.4) is 0 Å². The Morgan fingerprint density at radius 2 is 1.94 bits per heavy atom. The van der Waals surface area contributed by atoms with E-state index in [1.165, 1.54) is 0 Å². The summed E-state index contributed by atoms with van der Waals surface area (Å²) in [5.41, 5.74) is 0.645. The zero-order chi connectivity index (χ0) is 12.9. The van der Waals surface area contributed by atoms with Gasteiger partial charge in [-0.05, 0) is 24.0 Å². The van der Waals surface area contributed by atoms with E-state index in [2.05, 4.69) is 4.72 Å². The van der Waals surface area contributed by atoms with Gasteiger partial charge in [0, 0.05) is 13.2 Å². The molecule has 0 saturated carbocycles. The van der Waals surface area contributed by atoms with Gasteiger partial charge in [-0.2, -0.15) is 0 Å². The molecule has 1 aromatic carbocycles. The number of hydrogen-bond donors (Lipinski definition) is 2. The second-order valence-electron chi connectivity index (χ2n) is 4.33. The highest BCUT2D eigenvalue weighted by Crippen LogP contribution is 2.15. The quantitative estimate of drug-likeness (QED) is 0.803. The summed E-state index contributed by atoms with van der Waals surface area (Å²) in [6.45, 7) is 4.25. The normalized spacial score (nSPS) is 12.0. The number of hydrogen-bond acceptors (Lipinski definition) is 3. The Kier molecular flexibility index (Phi) is 5.11. The number of aliphatic hydroxyl groups is 1. The van der Waals surface area contributed by atoms with E-state index < -0.39 is 10.0 Å². The van der Waals surface area contributed by atoms with Crippen molar-refractivity contribution in [3.63, 3.8) is 0 Å². The molecule has 4 nitrogen and oxygen atoms in total. The smallest absolute Gasteiger partial charge is 0.240 e. The lowest BCUT2D eigenvalue weighted by atomic mass is 10.2. The highest BCUT2D eigenvalue weighted by Gasteiger charge is 2.17. The molecule has 1 rings (SSSR count). The molecule has 0 aliphatic heterocycles. The summed E-state index contributed by atoms with van der Waals surface area (Å²) in [7, 11) is -3.47. The molecule has 0 radical (unpaired) electrons. The van der Waals surface area contributed by atoms with Gasteiger partial charge in [-0.3, -0.25) is 0 Å². The van der Waals surface area contributed by atoms with Crippen LogP contribution in [0.4, 0.5) is 0 Å². The molecule has 0 bridgehead atoms. The molecule has 0 aliphatic carbocycles. The molecule has 96 valence electrons. The Hall–Kier alpha value is -0.910. The Morgan fingerprint density at radius 3 is 2.53 bits per heavy atom. The maximum absolute atomic E-state index is 12.0. The third kappa shape index (κ3) is 4.11. The summed E-state index contributed by atoms with van der Waals surface area (Å²) < 4.78 is 26.6. The molecule has 0 aliphatic rings. The zero-order valence-corrected chi connectivity index (χ0v) is 11.0. The summed E-state index contributed by atoms with van der Waals surface area (Å²) in [5, 5.41) is 8.91. The van der Waals surface area contributed by atoms with E-state index in [0.717, 1.165) is 0 Å². The fraction of sp³-hybridized carbons (Fsp3) is 0.500. The molecular weight excluding hydrogens is 238 g/mol. The predicted molar refractivity (Wildman–Crippen MR) is 67.3 cm³/mol. The van der Waals surface area contributed by atoms with E-state index in [1.54, 1.807) is 24.3 Å². The Balaban J connectivity index is 2.97. The minimum absolute atomic E-state index is 0.0588. The van der Waals surface area contributed by atoms with Crippen molar-refractivity contribution in [2.75, 3.05) is 13.2 Å². The van der Waals surface area contributed by atoms with Crippen LogP contribution in [0.15, 0.2) is 29.2 Å². The van der Waals surface area contributed by atoms with Gasteiger partial charge in [0.1, 0.15) is 0 Å².